The Bertz CT molecular complexity index is 527. The highest BCUT2D eigenvalue weighted by Gasteiger charge is 2.21. The smallest absolute Gasteiger partial charge is 0.242 e. The minimum atomic E-state index is -3.50. The normalized spacial score (nSPS) is 15.9. The van der Waals surface area contributed by atoms with Crippen LogP contribution in [0.3, 0.4) is 0 Å². The van der Waals surface area contributed by atoms with Gasteiger partial charge in [0.25, 0.3) is 0 Å². The van der Waals surface area contributed by atoms with Crippen molar-refractivity contribution in [3.05, 3.63) is 28.8 Å². The molecule has 1 aliphatic rings. The van der Waals surface area contributed by atoms with Crippen molar-refractivity contribution in [1.82, 2.24) is 10.0 Å². The van der Waals surface area contributed by atoms with Crippen LogP contribution < -0.4 is 10.0 Å². The molecule has 0 amide bonds. The van der Waals surface area contributed by atoms with Crippen LogP contribution in [0.5, 0.6) is 0 Å². The van der Waals surface area contributed by atoms with Gasteiger partial charge in [0, 0.05) is 19.1 Å². The first-order valence-electron chi connectivity index (χ1n) is 6.04. The van der Waals surface area contributed by atoms with Crippen LogP contribution in [0.2, 0.25) is 5.02 Å². The number of rotatable bonds is 6. The molecule has 100 valence electrons. The van der Waals surface area contributed by atoms with Gasteiger partial charge < -0.3 is 5.32 Å². The molecule has 0 atom stereocenters. The van der Waals surface area contributed by atoms with Crippen LogP contribution in [0.25, 0.3) is 0 Å². The molecule has 0 heterocycles. The third-order valence-electron chi connectivity index (χ3n) is 2.79. The summed E-state index contributed by atoms with van der Waals surface area (Å²) in [6.45, 7) is 2.77. The molecule has 6 heteroatoms. The van der Waals surface area contributed by atoms with Crippen molar-refractivity contribution in [3.63, 3.8) is 0 Å². The van der Waals surface area contributed by atoms with Gasteiger partial charge in [0.15, 0.2) is 0 Å². The van der Waals surface area contributed by atoms with Gasteiger partial charge >= 0.3 is 0 Å². The summed E-state index contributed by atoms with van der Waals surface area (Å²) in [5.41, 5.74) is 0.933. The van der Waals surface area contributed by atoms with E-state index in [0.717, 1.165) is 5.56 Å². The molecule has 1 aliphatic carbocycles. The maximum atomic E-state index is 11.9. The molecule has 0 radical (unpaired) electrons. The second kappa shape index (κ2) is 5.57. The Labute approximate surface area is 113 Å². The Kier molecular flexibility index (Phi) is 4.27. The number of sulfonamides is 1. The van der Waals surface area contributed by atoms with Crippen molar-refractivity contribution >= 4 is 21.6 Å². The summed E-state index contributed by atoms with van der Waals surface area (Å²) in [6.07, 6.45) is 2.41. The molecule has 1 aromatic rings. The molecule has 4 nitrogen and oxygen atoms in total. The number of hydrogen-bond acceptors (Lipinski definition) is 3. The summed E-state index contributed by atoms with van der Waals surface area (Å²) in [7, 11) is -3.50. The molecular weight excluding hydrogens is 272 g/mol. The highest BCUT2D eigenvalue weighted by Crippen LogP contribution is 2.24. The number of halogens is 1. The van der Waals surface area contributed by atoms with Crippen molar-refractivity contribution in [2.45, 2.75) is 37.2 Å². The van der Waals surface area contributed by atoms with Crippen molar-refractivity contribution in [3.8, 4) is 0 Å². The van der Waals surface area contributed by atoms with E-state index in [4.69, 9.17) is 11.6 Å². The average Bonchev–Trinajstić information content (AvgIpc) is 3.11. The van der Waals surface area contributed by atoms with E-state index in [1.54, 1.807) is 19.1 Å². The van der Waals surface area contributed by atoms with E-state index in [-0.39, 0.29) is 9.92 Å². The first kappa shape index (κ1) is 13.8. The molecule has 1 saturated carbocycles. The lowest BCUT2D eigenvalue weighted by atomic mass is 10.2. The van der Waals surface area contributed by atoms with Crippen molar-refractivity contribution in [2.75, 3.05) is 6.54 Å². The average molecular weight is 289 g/mol. The first-order chi connectivity index (χ1) is 8.53. The molecular formula is C12H17ClN2O2S. The van der Waals surface area contributed by atoms with Crippen molar-refractivity contribution < 1.29 is 8.42 Å². The standard InChI is InChI=1S/C12H17ClN2O2S/c1-2-15-18(16,17)12-7-9(3-6-11(12)13)8-14-10-4-5-10/h3,6-7,10,14-15H,2,4-5,8H2,1H3. The zero-order valence-electron chi connectivity index (χ0n) is 10.2. The number of hydrogen-bond donors (Lipinski definition) is 2. The van der Waals surface area contributed by atoms with Gasteiger partial charge in [-0.1, -0.05) is 24.6 Å². The predicted molar refractivity (Wildman–Crippen MR) is 72.2 cm³/mol. The Hall–Kier alpha value is -0.620. The zero-order valence-corrected chi connectivity index (χ0v) is 11.8. The molecule has 0 aliphatic heterocycles. The molecule has 0 unspecified atom stereocenters. The van der Waals surface area contributed by atoms with Gasteiger partial charge in [-0.15, -0.1) is 0 Å². The molecule has 2 rings (SSSR count). The van der Waals surface area contributed by atoms with Gasteiger partial charge in [-0.2, -0.15) is 0 Å². The van der Waals surface area contributed by atoms with Gasteiger partial charge in [-0.3, -0.25) is 0 Å². The monoisotopic (exact) mass is 288 g/mol. The highest BCUT2D eigenvalue weighted by atomic mass is 35.5. The molecule has 0 saturated heterocycles. The summed E-state index contributed by atoms with van der Waals surface area (Å²) in [6, 6.07) is 5.71. The quantitative estimate of drug-likeness (QED) is 0.840. The highest BCUT2D eigenvalue weighted by molar-refractivity contribution is 7.89. The van der Waals surface area contributed by atoms with E-state index in [2.05, 4.69) is 10.0 Å². The Morgan fingerprint density at radius 1 is 1.39 bits per heavy atom. The predicted octanol–water partition coefficient (Wildman–Crippen LogP) is 1.89. The van der Waals surface area contributed by atoms with E-state index in [9.17, 15) is 8.42 Å². The Balaban J connectivity index is 2.19. The molecule has 1 aromatic carbocycles. The summed E-state index contributed by atoms with van der Waals surface area (Å²) >= 11 is 5.95. The lowest BCUT2D eigenvalue weighted by molar-refractivity contribution is 0.583. The van der Waals surface area contributed by atoms with E-state index < -0.39 is 10.0 Å². The van der Waals surface area contributed by atoms with Crippen molar-refractivity contribution in [2.24, 2.45) is 0 Å². The lowest BCUT2D eigenvalue weighted by Crippen LogP contribution is -2.24. The zero-order chi connectivity index (χ0) is 13.2. The summed E-state index contributed by atoms with van der Waals surface area (Å²) < 4.78 is 26.3. The second-order valence-electron chi connectivity index (χ2n) is 4.42. The van der Waals surface area contributed by atoms with Gasteiger partial charge in [0.2, 0.25) is 10.0 Å². The van der Waals surface area contributed by atoms with Crippen LogP contribution in [0, 0.1) is 0 Å². The fourth-order valence-electron chi connectivity index (χ4n) is 1.68. The largest absolute Gasteiger partial charge is 0.310 e. The van der Waals surface area contributed by atoms with E-state index >= 15 is 0 Å². The minimum Gasteiger partial charge on any atom is -0.310 e. The van der Waals surface area contributed by atoms with E-state index in [1.165, 1.54) is 12.8 Å². The van der Waals surface area contributed by atoms with Crippen LogP contribution in [0.4, 0.5) is 0 Å². The minimum absolute atomic E-state index is 0.154. The van der Waals surface area contributed by atoms with Gasteiger partial charge in [0.05, 0.1) is 5.02 Å². The van der Waals surface area contributed by atoms with E-state index in [0.29, 0.717) is 19.1 Å². The van der Waals surface area contributed by atoms with Gasteiger partial charge in [-0.25, -0.2) is 13.1 Å². The maximum Gasteiger partial charge on any atom is 0.242 e. The SMILES string of the molecule is CCNS(=O)(=O)c1cc(CNC2CC2)ccc1Cl. The Morgan fingerprint density at radius 3 is 2.72 bits per heavy atom. The van der Waals surface area contributed by atoms with Crippen LogP contribution in [-0.2, 0) is 16.6 Å². The fraction of sp³-hybridized carbons (Fsp3) is 0.500. The molecule has 1 fully saturated rings. The van der Waals surface area contributed by atoms with Crippen LogP contribution in [0.15, 0.2) is 23.1 Å². The lowest BCUT2D eigenvalue weighted by Gasteiger charge is -2.09. The van der Waals surface area contributed by atoms with Gasteiger partial charge in [-0.05, 0) is 30.5 Å². The number of nitrogens with one attached hydrogen (secondary N) is 2. The summed E-state index contributed by atoms with van der Waals surface area (Å²) in [5, 5.41) is 3.60. The van der Waals surface area contributed by atoms with Crippen LogP contribution in [-0.4, -0.2) is 21.0 Å². The third-order valence-corrected chi connectivity index (χ3v) is 4.82. The molecule has 18 heavy (non-hydrogen) atoms. The molecule has 2 N–H and O–H groups in total. The summed E-state index contributed by atoms with van der Waals surface area (Å²) in [4.78, 5) is 0.154. The fourth-order valence-corrected chi connectivity index (χ4v) is 3.27. The number of benzene rings is 1. The van der Waals surface area contributed by atoms with Crippen molar-refractivity contribution in [1.29, 1.82) is 0 Å². The van der Waals surface area contributed by atoms with Crippen LogP contribution >= 0.6 is 11.6 Å². The maximum absolute atomic E-state index is 11.9. The van der Waals surface area contributed by atoms with Gasteiger partial charge in [0.1, 0.15) is 4.90 Å². The topological polar surface area (TPSA) is 58.2 Å². The Morgan fingerprint density at radius 2 is 2.11 bits per heavy atom. The molecule has 0 bridgehead atoms. The first-order valence-corrected chi connectivity index (χ1v) is 7.90. The van der Waals surface area contributed by atoms with E-state index in [1.807, 2.05) is 6.07 Å². The van der Waals surface area contributed by atoms with Crippen LogP contribution in [0.1, 0.15) is 25.3 Å². The second-order valence-corrected chi connectivity index (χ2v) is 6.56. The molecule has 0 aromatic heterocycles. The molecule has 0 spiro atoms. The summed E-state index contributed by atoms with van der Waals surface area (Å²) in [5.74, 6) is 0. The third kappa shape index (κ3) is 3.45.